The van der Waals surface area contributed by atoms with Gasteiger partial charge >= 0.3 is 0 Å². The van der Waals surface area contributed by atoms with E-state index in [0.29, 0.717) is 18.0 Å². The minimum atomic E-state index is 0.218. The van der Waals surface area contributed by atoms with E-state index in [1.807, 2.05) is 7.05 Å². The third-order valence-electron chi connectivity index (χ3n) is 3.93. The van der Waals surface area contributed by atoms with Gasteiger partial charge in [0, 0.05) is 12.1 Å². The van der Waals surface area contributed by atoms with Crippen molar-refractivity contribution in [1.82, 2.24) is 10.6 Å². The van der Waals surface area contributed by atoms with E-state index in [0.717, 1.165) is 12.8 Å². The van der Waals surface area contributed by atoms with Gasteiger partial charge in [0.2, 0.25) is 5.91 Å². The summed E-state index contributed by atoms with van der Waals surface area (Å²) in [4.78, 5) is 12.0. The Morgan fingerprint density at radius 3 is 2.47 bits per heavy atom. The average Bonchev–Trinajstić information content (AvgIpc) is 2.86. The zero-order chi connectivity index (χ0) is 10.7. The van der Waals surface area contributed by atoms with Gasteiger partial charge in [0.1, 0.15) is 0 Å². The molecule has 2 atom stereocenters. The van der Waals surface area contributed by atoms with E-state index in [2.05, 4.69) is 10.6 Å². The van der Waals surface area contributed by atoms with Gasteiger partial charge in [-0.2, -0.15) is 0 Å². The second kappa shape index (κ2) is 4.97. The first-order chi connectivity index (χ1) is 7.31. The number of carbonyl (C=O) groups is 1. The summed E-state index contributed by atoms with van der Waals surface area (Å²) in [6, 6.07) is 0.877. The van der Waals surface area contributed by atoms with Crippen LogP contribution in [-0.4, -0.2) is 25.0 Å². The van der Waals surface area contributed by atoms with Gasteiger partial charge in [0.05, 0.1) is 5.92 Å². The van der Waals surface area contributed by atoms with Crippen LogP contribution in [0.15, 0.2) is 0 Å². The lowest BCUT2D eigenvalue weighted by atomic mass is 10.0. The minimum absolute atomic E-state index is 0.218. The summed E-state index contributed by atoms with van der Waals surface area (Å²) in [5, 5.41) is 6.47. The van der Waals surface area contributed by atoms with Gasteiger partial charge in [-0.3, -0.25) is 4.79 Å². The highest BCUT2D eigenvalue weighted by atomic mass is 16.2. The summed E-state index contributed by atoms with van der Waals surface area (Å²) in [5.41, 5.74) is 0. The molecule has 0 aromatic heterocycles. The lowest BCUT2D eigenvalue weighted by Gasteiger charge is -2.21. The van der Waals surface area contributed by atoms with Gasteiger partial charge in [-0.05, 0) is 32.7 Å². The van der Waals surface area contributed by atoms with E-state index in [1.54, 1.807) is 0 Å². The van der Waals surface area contributed by atoms with Crippen LogP contribution in [0.2, 0.25) is 0 Å². The van der Waals surface area contributed by atoms with Crippen LogP contribution in [0.5, 0.6) is 0 Å². The molecule has 0 saturated heterocycles. The molecule has 0 bridgehead atoms. The molecule has 2 fully saturated rings. The Bertz CT molecular complexity index is 224. The number of rotatable bonds is 3. The van der Waals surface area contributed by atoms with Crippen LogP contribution in [0.3, 0.4) is 0 Å². The SMILES string of the molecule is CNC1CCCC1C(=O)NC1CCCC1. The van der Waals surface area contributed by atoms with Gasteiger partial charge in [0.25, 0.3) is 0 Å². The van der Waals surface area contributed by atoms with Crippen molar-refractivity contribution < 1.29 is 4.79 Å². The first kappa shape index (κ1) is 10.9. The second-order valence-corrected chi connectivity index (χ2v) is 4.92. The molecule has 86 valence electrons. The van der Waals surface area contributed by atoms with E-state index in [1.165, 1.54) is 32.1 Å². The third kappa shape index (κ3) is 2.51. The Morgan fingerprint density at radius 1 is 1.07 bits per heavy atom. The molecule has 0 heterocycles. The normalized spacial score (nSPS) is 32.1. The third-order valence-corrected chi connectivity index (χ3v) is 3.93. The maximum Gasteiger partial charge on any atom is 0.224 e. The maximum atomic E-state index is 12.0. The van der Waals surface area contributed by atoms with Crippen LogP contribution >= 0.6 is 0 Å². The molecule has 1 amide bonds. The number of hydrogen-bond acceptors (Lipinski definition) is 2. The van der Waals surface area contributed by atoms with Crippen LogP contribution < -0.4 is 10.6 Å². The lowest BCUT2D eigenvalue weighted by Crippen LogP contribution is -2.43. The van der Waals surface area contributed by atoms with E-state index in [4.69, 9.17) is 0 Å². The van der Waals surface area contributed by atoms with E-state index in [9.17, 15) is 4.79 Å². The van der Waals surface area contributed by atoms with Crippen molar-refractivity contribution in [1.29, 1.82) is 0 Å². The predicted octanol–water partition coefficient (Wildman–Crippen LogP) is 1.43. The standard InChI is InChI=1S/C12H22N2O/c1-13-11-8-4-7-10(11)12(15)14-9-5-2-3-6-9/h9-11,13H,2-8H2,1H3,(H,14,15). The molecule has 15 heavy (non-hydrogen) atoms. The van der Waals surface area contributed by atoms with E-state index >= 15 is 0 Å². The van der Waals surface area contributed by atoms with Crippen molar-refractivity contribution in [2.45, 2.75) is 57.0 Å². The van der Waals surface area contributed by atoms with Crippen molar-refractivity contribution in [2.24, 2.45) is 5.92 Å². The summed E-state index contributed by atoms with van der Waals surface area (Å²) in [7, 11) is 1.96. The molecule has 2 aliphatic rings. The Morgan fingerprint density at radius 2 is 1.80 bits per heavy atom. The van der Waals surface area contributed by atoms with Gasteiger partial charge in [-0.1, -0.05) is 19.3 Å². The zero-order valence-corrected chi connectivity index (χ0v) is 9.59. The molecular weight excluding hydrogens is 188 g/mol. The first-order valence-electron chi connectivity index (χ1n) is 6.29. The molecule has 2 saturated carbocycles. The highest BCUT2D eigenvalue weighted by Gasteiger charge is 2.32. The molecule has 2 rings (SSSR count). The minimum Gasteiger partial charge on any atom is -0.353 e. The topological polar surface area (TPSA) is 41.1 Å². The second-order valence-electron chi connectivity index (χ2n) is 4.92. The van der Waals surface area contributed by atoms with Crippen molar-refractivity contribution >= 4 is 5.91 Å². The molecule has 0 spiro atoms. The number of nitrogens with one attached hydrogen (secondary N) is 2. The molecule has 3 heteroatoms. The average molecular weight is 210 g/mol. The summed E-state index contributed by atoms with van der Waals surface area (Å²) in [5.74, 6) is 0.509. The zero-order valence-electron chi connectivity index (χ0n) is 9.59. The van der Waals surface area contributed by atoms with Crippen molar-refractivity contribution in [3.05, 3.63) is 0 Å². The number of amides is 1. The Balaban J connectivity index is 1.83. The van der Waals surface area contributed by atoms with Crippen molar-refractivity contribution in [2.75, 3.05) is 7.05 Å². The predicted molar refractivity (Wildman–Crippen MR) is 60.6 cm³/mol. The molecular formula is C12H22N2O. The fourth-order valence-electron chi connectivity index (χ4n) is 3.00. The van der Waals surface area contributed by atoms with E-state index in [-0.39, 0.29) is 5.92 Å². The highest BCUT2D eigenvalue weighted by Crippen LogP contribution is 2.26. The molecule has 0 aromatic rings. The van der Waals surface area contributed by atoms with E-state index < -0.39 is 0 Å². The van der Waals surface area contributed by atoms with Gasteiger partial charge in [-0.25, -0.2) is 0 Å². The molecule has 2 N–H and O–H groups in total. The van der Waals surface area contributed by atoms with Gasteiger partial charge in [-0.15, -0.1) is 0 Å². The molecule has 0 aromatic carbocycles. The molecule has 0 aliphatic heterocycles. The van der Waals surface area contributed by atoms with Crippen molar-refractivity contribution in [3.63, 3.8) is 0 Å². The molecule has 2 unspecified atom stereocenters. The highest BCUT2D eigenvalue weighted by molar-refractivity contribution is 5.80. The molecule has 2 aliphatic carbocycles. The van der Waals surface area contributed by atoms with Crippen LogP contribution in [0.1, 0.15) is 44.9 Å². The van der Waals surface area contributed by atoms with Crippen molar-refractivity contribution in [3.8, 4) is 0 Å². The number of hydrogen-bond donors (Lipinski definition) is 2. The monoisotopic (exact) mass is 210 g/mol. The summed E-state index contributed by atoms with van der Waals surface area (Å²) < 4.78 is 0. The largest absolute Gasteiger partial charge is 0.353 e. The molecule has 3 nitrogen and oxygen atoms in total. The lowest BCUT2D eigenvalue weighted by molar-refractivity contribution is -0.126. The summed E-state index contributed by atoms with van der Waals surface area (Å²) >= 11 is 0. The smallest absolute Gasteiger partial charge is 0.224 e. The maximum absolute atomic E-state index is 12.0. The molecule has 0 radical (unpaired) electrons. The summed E-state index contributed by atoms with van der Waals surface area (Å²) in [6.45, 7) is 0. The summed E-state index contributed by atoms with van der Waals surface area (Å²) in [6.07, 6.45) is 8.33. The van der Waals surface area contributed by atoms with Gasteiger partial charge in [0.15, 0.2) is 0 Å². The Hall–Kier alpha value is -0.570. The Labute approximate surface area is 92.0 Å². The van der Waals surface area contributed by atoms with Crippen LogP contribution in [0.4, 0.5) is 0 Å². The van der Waals surface area contributed by atoms with Crippen LogP contribution in [0.25, 0.3) is 0 Å². The fourth-order valence-corrected chi connectivity index (χ4v) is 3.00. The van der Waals surface area contributed by atoms with Crippen LogP contribution in [-0.2, 0) is 4.79 Å². The fraction of sp³-hybridized carbons (Fsp3) is 0.917. The number of carbonyl (C=O) groups excluding carboxylic acids is 1. The first-order valence-corrected chi connectivity index (χ1v) is 6.29. The Kier molecular flexibility index (Phi) is 3.62. The quantitative estimate of drug-likeness (QED) is 0.740. The van der Waals surface area contributed by atoms with Crippen LogP contribution in [0, 0.1) is 5.92 Å². The van der Waals surface area contributed by atoms with Gasteiger partial charge < -0.3 is 10.6 Å².